The number of rotatable bonds is 11. The van der Waals surface area contributed by atoms with Crippen molar-refractivity contribution in [1.82, 2.24) is 9.38 Å². The van der Waals surface area contributed by atoms with Gasteiger partial charge in [0.2, 0.25) is 0 Å². The molecule has 291 valence electrons. The molecule has 0 spiro atoms. The number of aromatic nitrogens is 2. The molecule has 0 atom stereocenters. The number of halogens is 1. The average Bonchev–Trinajstić information content (AvgIpc) is 3.68. The number of allylic oxidation sites excluding steroid dienone is 2. The van der Waals surface area contributed by atoms with Gasteiger partial charge in [-0.25, -0.2) is 0 Å². The van der Waals surface area contributed by atoms with Crippen LogP contribution < -0.4 is 0 Å². The fourth-order valence-corrected chi connectivity index (χ4v) is 8.18. The summed E-state index contributed by atoms with van der Waals surface area (Å²) in [6.07, 6.45) is 7.52. The third-order valence-corrected chi connectivity index (χ3v) is 11.3. The molecule has 0 saturated heterocycles. The van der Waals surface area contributed by atoms with Gasteiger partial charge in [-0.3, -0.25) is 14.2 Å². The predicted octanol–water partition coefficient (Wildman–Crippen LogP) is 13.6. The van der Waals surface area contributed by atoms with Crippen molar-refractivity contribution in [2.75, 3.05) is 6.67 Å². The van der Waals surface area contributed by atoms with Crippen molar-refractivity contribution in [3.8, 4) is 11.3 Å². The number of hydrogen-bond acceptors (Lipinski definition) is 3. The van der Waals surface area contributed by atoms with Gasteiger partial charge in [0, 0.05) is 77.0 Å². The number of fused-ring (bicyclic) bond motifs is 7. The Kier molecular flexibility index (Phi) is 12.9. The van der Waals surface area contributed by atoms with Crippen LogP contribution in [0.2, 0.25) is 0 Å². The number of aliphatic hydroxyl groups is 1. The van der Waals surface area contributed by atoms with E-state index < -0.39 is 5.41 Å². The SMILES string of the molecule is CC(C)(CF)Cc1ccc2c3ccnc(-c4[c-]c5ccccc5c(C(C)(C)C)c4)c3n3c4ccccc4c1c23.CCC(CC)C(=O)/C=C(\O)C(CC)CC.[Ir]. The van der Waals surface area contributed by atoms with E-state index in [-0.39, 0.29) is 55.6 Å². The van der Waals surface area contributed by atoms with Crippen molar-refractivity contribution >= 4 is 54.7 Å². The Labute approximate surface area is 339 Å². The van der Waals surface area contributed by atoms with Gasteiger partial charge in [-0.1, -0.05) is 122 Å². The molecule has 3 heterocycles. The Morgan fingerprint density at radius 1 is 0.818 bits per heavy atom. The number of carbonyl (C=O) groups is 1. The van der Waals surface area contributed by atoms with Gasteiger partial charge in [-0.05, 0) is 60.6 Å². The number of benzene rings is 4. The van der Waals surface area contributed by atoms with Crippen molar-refractivity contribution < 1.29 is 34.4 Å². The van der Waals surface area contributed by atoms with E-state index in [4.69, 9.17) is 4.98 Å². The van der Waals surface area contributed by atoms with Gasteiger partial charge in [0.05, 0.1) is 23.5 Å². The molecule has 55 heavy (non-hydrogen) atoms. The number of carbonyl (C=O) groups excluding carboxylic acids is 1. The van der Waals surface area contributed by atoms with E-state index in [2.05, 4.69) is 104 Å². The summed E-state index contributed by atoms with van der Waals surface area (Å²) in [4.78, 5) is 16.7. The van der Waals surface area contributed by atoms with Crippen molar-refractivity contribution in [3.05, 3.63) is 108 Å². The molecular weight excluding hydrogens is 860 g/mol. The van der Waals surface area contributed by atoms with E-state index in [0.717, 1.165) is 53.4 Å². The summed E-state index contributed by atoms with van der Waals surface area (Å²) in [6, 6.07) is 29.7. The van der Waals surface area contributed by atoms with Crippen LogP contribution in [0.1, 0.15) is 99.1 Å². The van der Waals surface area contributed by atoms with Gasteiger partial charge in [0.15, 0.2) is 5.78 Å². The normalized spacial score (nSPS) is 12.7. The zero-order valence-corrected chi connectivity index (χ0v) is 36.3. The third kappa shape index (κ3) is 8.09. The third-order valence-electron chi connectivity index (χ3n) is 11.3. The molecule has 0 amide bonds. The molecule has 0 aliphatic heterocycles. The first-order valence-electron chi connectivity index (χ1n) is 19.8. The first kappa shape index (κ1) is 42.0. The first-order valence-corrected chi connectivity index (χ1v) is 19.8. The zero-order valence-electron chi connectivity index (χ0n) is 33.9. The van der Waals surface area contributed by atoms with Crippen molar-refractivity contribution in [3.63, 3.8) is 0 Å². The van der Waals surface area contributed by atoms with E-state index in [1.165, 1.54) is 49.7 Å². The number of pyridine rings is 1. The summed E-state index contributed by atoms with van der Waals surface area (Å²) in [5.41, 5.74) is 7.44. The van der Waals surface area contributed by atoms with Crippen LogP contribution in [0.5, 0.6) is 0 Å². The molecule has 4 aromatic carbocycles. The summed E-state index contributed by atoms with van der Waals surface area (Å²) in [5, 5.41) is 16.9. The van der Waals surface area contributed by atoms with Crippen LogP contribution in [0.15, 0.2) is 90.8 Å². The molecule has 0 bridgehead atoms. The summed E-state index contributed by atoms with van der Waals surface area (Å²) in [5.74, 6) is 0.547. The fourth-order valence-electron chi connectivity index (χ4n) is 8.18. The van der Waals surface area contributed by atoms with Gasteiger partial charge in [-0.15, -0.1) is 29.1 Å². The Bertz CT molecular complexity index is 2460. The molecule has 1 N–H and O–H groups in total. The molecular formula is C49H56FIrN2O2-. The second-order valence-electron chi connectivity index (χ2n) is 16.8. The number of nitrogens with zero attached hydrogens (tertiary/aromatic N) is 2. The Morgan fingerprint density at radius 2 is 1.44 bits per heavy atom. The Balaban J connectivity index is 0.000000311. The molecule has 6 heteroatoms. The number of hydrogen-bond donors (Lipinski definition) is 1. The van der Waals surface area contributed by atoms with E-state index in [0.29, 0.717) is 6.42 Å². The van der Waals surface area contributed by atoms with Crippen molar-refractivity contribution in [2.24, 2.45) is 17.3 Å². The average molecular weight is 916 g/mol. The van der Waals surface area contributed by atoms with Crippen LogP contribution in [-0.2, 0) is 36.7 Å². The standard InChI is InChI=1S/C36H32FN2.C13H24O2.Ir/c1-35(2,3)29-19-24(18-22-10-6-7-11-25(22)29)32-34-27(16-17-38-32)26-15-14-23(20-36(4,5)21-37)31-28-12-8-9-13-30(28)39(34)33(26)31;1-5-10(6-2)12(14)9-13(15)11(7-3)8-4;/h6-17,19H,20-21H2,1-5H3;9-11,14H,5-8H2,1-4H3;/q-1;;/b;12-9-;. The molecule has 0 aliphatic carbocycles. The van der Waals surface area contributed by atoms with Crippen LogP contribution in [0.4, 0.5) is 4.39 Å². The van der Waals surface area contributed by atoms with Crippen LogP contribution >= 0.6 is 0 Å². The Morgan fingerprint density at radius 3 is 2.07 bits per heavy atom. The summed E-state index contributed by atoms with van der Waals surface area (Å²) < 4.78 is 16.3. The molecule has 3 aromatic heterocycles. The molecule has 1 radical (unpaired) electrons. The maximum Gasteiger partial charge on any atom is 0.162 e. The quantitative estimate of drug-likeness (QED) is 0.0799. The smallest absolute Gasteiger partial charge is 0.162 e. The van der Waals surface area contributed by atoms with E-state index in [1.807, 2.05) is 47.7 Å². The number of alkyl halides is 1. The van der Waals surface area contributed by atoms with Crippen molar-refractivity contribution in [1.29, 1.82) is 0 Å². The second kappa shape index (κ2) is 16.9. The molecule has 4 nitrogen and oxygen atoms in total. The minimum Gasteiger partial charge on any atom is -0.512 e. The monoisotopic (exact) mass is 916 g/mol. The summed E-state index contributed by atoms with van der Waals surface area (Å²) in [6.45, 7) is 18.5. The number of ketones is 1. The molecule has 0 fully saturated rings. The molecule has 7 rings (SSSR count). The van der Waals surface area contributed by atoms with Crippen molar-refractivity contribution in [2.45, 2.75) is 99.8 Å². The largest absolute Gasteiger partial charge is 0.512 e. The molecule has 7 aromatic rings. The van der Waals surface area contributed by atoms with E-state index >= 15 is 0 Å². The van der Waals surface area contributed by atoms with Gasteiger partial charge in [-0.2, -0.15) is 0 Å². The van der Waals surface area contributed by atoms with Crippen LogP contribution in [-0.4, -0.2) is 26.9 Å². The predicted molar refractivity (Wildman–Crippen MR) is 227 cm³/mol. The topological polar surface area (TPSA) is 54.6 Å². The van der Waals surface area contributed by atoms with Gasteiger partial charge >= 0.3 is 0 Å². The Hall–Kier alpha value is -4.12. The van der Waals surface area contributed by atoms with Crippen LogP contribution in [0, 0.1) is 23.3 Å². The summed E-state index contributed by atoms with van der Waals surface area (Å²) in [7, 11) is 0. The van der Waals surface area contributed by atoms with Crippen LogP contribution in [0.25, 0.3) is 60.1 Å². The number of aliphatic hydroxyl groups excluding tert-OH is 1. The second-order valence-corrected chi connectivity index (χ2v) is 16.8. The zero-order chi connectivity index (χ0) is 38.9. The molecule has 0 saturated carbocycles. The maximum absolute atomic E-state index is 13.9. The van der Waals surface area contributed by atoms with Gasteiger partial charge in [0.1, 0.15) is 0 Å². The fraction of sp³-hybridized carbons (Fsp3) is 0.388. The molecule has 0 aliphatic rings. The minimum absolute atomic E-state index is 0. The molecule has 0 unspecified atom stereocenters. The van der Waals surface area contributed by atoms with Gasteiger partial charge in [0.25, 0.3) is 0 Å². The van der Waals surface area contributed by atoms with Gasteiger partial charge < -0.3 is 9.51 Å². The maximum atomic E-state index is 13.9. The minimum atomic E-state index is -0.422. The first-order chi connectivity index (χ1) is 25.8. The summed E-state index contributed by atoms with van der Waals surface area (Å²) >= 11 is 0. The van der Waals surface area contributed by atoms with E-state index in [1.54, 1.807) is 0 Å². The van der Waals surface area contributed by atoms with E-state index in [9.17, 15) is 14.3 Å². The number of para-hydroxylation sites is 1. The van der Waals surface area contributed by atoms with Crippen LogP contribution in [0.3, 0.4) is 0 Å².